The molecule has 0 radical (unpaired) electrons. The van der Waals surface area contributed by atoms with Crippen LogP contribution in [0.25, 0.3) is 0 Å². The second-order valence-electron chi connectivity index (χ2n) is 2.75. The molecule has 2 atom stereocenters. The van der Waals surface area contributed by atoms with E-state index in [1.165, 1.54) is 7.11 Å². The average molecular weight is 191 g/mol. The molecule has 0 saturated carbocycles. The van der Waals surface area contributed by atoms with E-state index in [0.29, 0.717) is 6.61 Å². The fourth-order valence-electron chi connectivity index (χ4n) is 0.772. The van der Waals surface area contributed by atoms with Gasteiger partial charge in [0.15, 0.2) is 0 Å². The first-order valence-corrected chi connectivity index (χ1v) is 3.99. The van der Waals surface area contributed by atoms with Crippen LogP contribution in [0.4, 0.5) is 0 Å². The zero-order chi connectivity index (χ0) is 10.3. The zero-order valence-corrected chi connectivity index (χ0v) is 7.69. The Morgan fingerprint density at radius 3 is 2.69 bits per heavy atom. The molecule has 0 fully saturated rings. The van der Waals surface area contributed by atoms with Gasteiger partial charge in [-0.05, 0) is 0 Å². The third-order valence-electron chi connectivity index (χ3n) is 1.58. The molecule has 78 valence electrons. The molecule has 6 nitrogen and oxygen atoms in total. The van der Waals surface area contributed by atoms with Crippen LogP contribution in [0, 0.1) is 0 Å². The lowest BCUT2D eigenvalue weighted by molar-refractivity contribution is -0.119. The molecule has 0 rings (SSSR count). The van der Waals surface area contributed by atoms with Crippen molar-refractivity contribution in [1.29, 1.82) is 0 Å². The van der Waals surface area contributed by atoms with E-state index in [0.717, 1.165) is 0 Å². The third kappa shape index (κ3) is 5.53. The van der Waals surface area contributed by atoms with Gasteiger partial charge in [-0.25, -0.2) is 0 Å². The molecule has 0 spiro atoms. The minimum Gasteiger partial charge on any atom is -0.395 e. The van der Waals surface area contributed by atoms with Crippen LogP contribution in [-0.2, 0) is 9.53 Å². The molecule has 0 bridgehead atoms. The Labute approximate surface area is 77.2 Å². The van der Waals surface area contributed by atoms with Crippen LogP contribution < -0.4 is 16.8 Å². The fourth-order valence-corrected chi connectivity index (χ4v) is 0.772. The van der Waals surface area contributed by atoms with Gasteiger partial charge in [0.25, 0.3) is 0 Å². The van der Waals surface area contributed by atoms with Crippen molar-refractivity contribution in [3.63, 3.8) is 0 Å². The Morgan fingerprint density at radius 2 is 2.31 bits per heavy atom. The lowest BCUT2D eigenvalue weighted by Gasteiger charge is -2.16. The van der Waals surface area contributed by atoms with E-state index in [-0.39, 0.29) is 19.2 Å². The number of methoxy groups -OCH3 is 1. The number of rotatable bonds is 7. The maximum absolute atomic E-state index is 10.5. The van der Waals surface area contributed by atoms with Gasteiger partial charge in [0, 0.05) is 13.7 Å². The van der Waals surface area contributed by atoms with E-state index < -0.39 is 11.9 Å². The smallest absolute Gasteiger partial charge is 0.235 e. The van der Waals surface area contributed by atoms with Crippen molar-refractivity contribution in [2.45, 2.75) is 12.1 Å². The number of ether oxygens (including phenoxy) is 1. The average Bonchev–Trinajstić information content (AvgIpc) is 2.11. The van der Waals surface area contributed by atoms with Crippen LogP contribution in [0.1, 0.15) is 0 Å². The van der Waals surface area contributed by atoms with Crippen molar-refractivity contribution in [3.8, 4) is 0 Å². The largest absolute Gasteiger partial charge is 0.395 e. The highest BCUT2D eigenvalue weighted by molar-refractivity contribution is 5.79. The summed E-state index contributed by atoms with van der Waals surface area (Å²) in [5, 5.41) is 11.7. The first-order chi connectivity index (χ1) is 6.11. The topological polar surface area (TPSA) is 111 Å². The molecule has 0 saturated heterocycles. The molecule has 0 aromatic heterocycles. The van der Waals surface area contributed by atoms with Gasteiger partial charge in [0.05, 0.1) is 25.3 Å². The van der Waals surface area contributed by atoms with Crippen LogP contribution in [0.15, 0.2) is 0 Å². The number of carbonyl (C=O) groups is 1. The molecule has 0 aromatic carbocycles. The molecular formula is C7H17N3O3. The number of aliphatic hydroxyl groups excluding tert-OH is 1. The molecule has 0 aliphatic carbocycles. The summed E-state index contributed by atoms with van der Waals surface area (Å²) in [6.45, 7) is 0.533. The molecule has 1 amide bonds. The standard InChI is InChI=1S/C7H17N3O3/c1-13-4-5(3-11)10-2-6(8)7(9)12/h5-6,10-11H,2-4,8H2,1H3,(H2,9,12). The Morgan fingerprint density at radius 1 is 1.69 bits per heavy atom. The van der Waals surface area contributed by atoms with Crippen molar-refractivity contribution in [1.82, 2.24) is 5.32 Å². The van der Waals surface area contributed by atoms with Gasteiger partial charge in [-0.15, -0.1) is 0 Å². The zero-order valence-electron chi connectivity index (χ0n) is 7.69. The fraction of sp³-hybridized carbons (Fsp3) is 0.857. The first-order valence-electron chi connectivity index (χ1n) is 3.99. The van der Waals surface area contributed by atoms with Crippen LogP contribution >= 0.6 is 0 Å². The van der Waals surface area contributed by atoms with E-state index in [4.69, 9.17) is 21.3 Å². The summed E-state index contributed by atoms with van der Waals surface area (Å²) in [6.07, 6.45) is 0. The van der Waals surface area contributed by atoms with Crippen molar-refractivity contribution in [3.05, 3.63) is 0 Å². The number of nitrogens with one attached hydrogen (secondary N) is 1. The maximum Gasteiger partial charge on any atom is 0.235 e. The van der Waals surface area contributed by atoms with E-state index in [1.54, 1.807) is 0 Å². The number of aliphatic hydroxyl groups is 1. The van der Waals surface area contributed by atoms with Gasteiger partial charge in [-0.1, -0.05) is 0 Å². The van der Waals surface area contributed by atoms with Gasteiger partial charge in [0.1, 0.15) is 0 Å². The highest BCUT2D eigenvalue weighted by Crippen LogP contribution is 1.83. The van der Waals surface area contributed by atoms with E-state index >= 15 is 0 Å². The highest BCUT2D eigenvalue weighted by Gasteiger charge is 2.12. The Bertz CT molecular complexity index is 154. The summed E-state index contributed by atoms with van der Waals surface area (Å²) in [6, 6.07) is -0.943. The van der Waals surface area contributed by atoms with Gasteiger partial charge in [0.2, 0.25) is 5.91 Å². The van der Waals surface area contributed by atoms with Crippen LogP contribution in [0.3, 0.4) is 0 Å². The molecule has 0 aromatic rings. The molecular weight excluding hydrogens is 174 g/mol. The number of hydrogen-bond donors (Lipinski definition) is 4. The quantitative estimate of drug-likeness (QED) is 0.352. The predicted molar refractivity (Wildman–Crippen MR) is 47.9 cm³/mol. The highest BCUT2D eigenvalue weighted by atomic mass is 16.5. The maximum atomic E-state index is 10.5. The minimum absolute atomic E-state index is 0.0701. The van der Waals surface area contributed by atoms with Crippen LogP contribution in [0.5, 0.6) is 0 Å². The minimum atomic E-state index is -0.731. The second-order valence-corrected chi connectivity index (χ2v) is 2.75. The first kappa shape index (κ1) is 12.3. The molecule has 2 unspecified atom stereocenters. The molecule has 6 N–H and O–H groups in total. The third-order valence-corrected chi connectivity index (χ3v) is 1.58. The summed E-state index contributed by atoms with van der Waals surface area (Å²) >= 11 is 0. The van der Waals surface area contributed by atoms with Crippen LogP contribution in [0.2, 0.25) is 0 Å². The molecule has 13 heavy (non-hydrogen) atoms. The van der Waals surface area contributed by atoms with Crippen molar-refractivity contribution in [2.75, 3.05) is 26.9 Å². The molecule has 0 heterocycles. The molecule has 6 heteroatoms. The van der Waals surface area contributed by atoms with Crippen molar-refractivity contribution in [2.24, 2.45) is 11.5 Å². The van der Waals surface area contributed by atoms with Gasteiger partial charge in [-0.2, -0.15) is 0 Å². The number of primary amides is 1. The number of carbonyl (C=O) groups excluding carboxylic acids is 1. The number of hydrogen-bond acceptors (Lipinski definition) is 5. The Kier molecular flexibility index (Phi) is 6.43. The summed E-state index contributed by atoms with van der Waals surface area (Å²) < 4.78 is 4.81. The van der Waals surface area contributed by atoms with Gasteiger partial charge in [-0.3, -0.25) is 4.79 Å². The van der Waals surface area contributed by atoms with Crippen molar-refractivity contribution < 1.29 is 14.6 Å². The van der Waals surface area contributed by atoms with Gasteiger partial charge >= 0.3 is 0 Å². The summed E-state index contributed by atoms with van der Waals surface area (Å²) in [5.41, 5.74) is 10.3. The van der Waals surface area contributed by atoms with E-state index in [9.17, 15) is 4.79 Å². The monoisotopic (exact) mass is 191 g/mol. The SMILES string of the molecule is COCC(CO)NCC(N)C(N)=O. The van der Waals surface area contributed by atoms with E-state index in [2.05, 4.69) is 5.32 Å². The molecule has 0 aliphatic heterocycles. The normalized spacial score (nSPS) is 15.3. The second kappa shape index (κ2) is 6.79. The van der Waals surface area contributed by atoms with Crippen LogP contribution in [-0.4, -0.2) is 50.0 Å². The number of nitrogens with two attached hydrogens (primary N) is 2. The van der Waals surface area contributed by atoms with Crippen molar-refractivity contribution >= 4 is 5.91 Å². The predicted octanol–water partition coefficient (Wildman–Crippen LogP) is -2.60. The summed E-state index contributed by atoms with van der Waals surface area (Å²) in [7, 11) is 1.53. The number of amides is 1. The summed E-state index contributed by atoms with van der Waals surface area (Å²) in [4.78, 5) is 10.5. The lowest BCUT2D eigenvalue weighted by atomic mass is 10.2. The molecule has 0 aliphatic rings. The Balaban J connectivity index is 3.64. The van der Waals surface area contributed by atoms with E-state index in [1.807, 2.05) is 0 Å². The lowest BCUT2D eigenvalue weighted by Crippen LogP contribution is -2.48. The summed E-state index contributed by atoms with van der Waals surface area (Å²) in [5.74, 6) is -0.568. The Hall–Kier alpha value is -0.690. The van der Waals surface area contributed by atoms with Gasteiger partial charge < -0.3 is 26.6 Å².